The second-order valence-corrected chi connectivity index (χ2v) is 12.6. The molecule has 0 radical (unpaired) electrons. The number of hydrogen-bond acceptors (Lipinski definition) is 11. The van der Waals surface area contributed by atoms with Crippen LogP contribution >= 0.6 is 23.1 Å². The summed E-state index contributed by atoms with van der Waals surface area (Å²) >= 11 is 1.97. The largest absolute Gasteiger partial charge is 0.462 e. The molecule has 2 aromatic carbocycles. The molecule has 0 bridgehead atoms. The molecule has 0 unspecified atom stereocenters. The number of sulfone groups is 1. The van der Waals surface area contributed by atoms with E-state index in [1.54, 1.807) is 67.8 Å². The van der Waals surface area contributed by atoms with E-state index in [-0.39, 0.29) is 45.1 Å². The lowest BCUT2D eigenvalue weighted by Gasteiger charge is -2.11. The average Bonchev–Trinajstić information content (AvgIpc) is 3.52. The average molecular weight is 629 g/mol. The van der Waals surface area contributed by atoms with E-state index in [2.05, 4.69) is 15.5 Å². The highest BCUT2D eigenvalue weighted by molar-refractivity contribution is 7.99. The number of hydrogen-bond donors (Lipinski definition) is 1. The Morgan fingerprint density at radius 1 is 0.929 bits per heavy atom. The molecule has 2 aromatic heterocycles. The van der Waals surface area contributed by atoms with Crippen molar-refractivity contribution < 1.29 is 32.3 Å². The number of esters is 2. The topological polar surface area (TPSA) is 147 Å². The van der Waals surface area contributed by atoms with Gasteiger partial charge in [0.15, 0.2) is 20.8 Å². The number of benzene rings is 2. The van der Waals surface area contributed by atoms with Gasteiger partial charge in [-0.15, -0.1) is 21.5 Å². The lowest BCUT2D eigenvalue weighted by molar-refractivity contribution is -0.113. The van der Waals surface area contributed by atoms with E-state index in [9.17, 15) is 22.8 Å². The summed E-state index contributed by atoms with van der Waals surface area (Å²) in [6.07, 6.45) is 0. The highest BCUT2D eigenvalue weighted by Crippen LogP contribution is 2.35. The second kappa shape index (κ2) is 13.8. The van der Waals surface area contributed by atoms with Crippen molar-refractivity contribution in [1.29, 1.82) is 0 Å². The van der Waals surface area contributed by atoms with E-state index in [4.69, 9.17) is 9.47 Å². The normalized spacial score (nSPS) is 11.2. The molecule has 0 aliphatic heterocycles. The van der Waals surface area contributed by atoms with E-state index in [1.165, 1.54) is 12.1 Å². The molecular weight excluding hydrogens is 601 g/mol. The Morgan fingerprint density at radius 2 is 1.55 bits per heavy atom. The molecule has 14 heteroatoms. The van der Waals surface area contributed by atoms with Gasteiger partial charge in [-0.3, -0.25) is 9.36 Å². The zero-order valence-electron chi connectivity index (χ0n) is 23.0. The maximum Gasteiger partial charge on any atom is 0.348 e. The van der Waals surface area contributed by atoms with Crippen LogP contribution in [0.15, 0.2) is 70.7 Å². The first-order valence-electron chi connectivity index (χ1n) is 12.8. The molecule has 11 nitrogen and oxygen atoms in total. The van der Waals surface area contributed by atoms with Crippen LogP contribution in [-0.4, -0.2) is 60.0 Å². The van der Waals surface area contributed by atoms with Crippen LogP contribution in [0.2, 0.25) is 0 Å². The summed E-state index contributed by atoms with van der Waals surface area (Å²) in [7, 11) is -3.73. The smallest absolute Gasteiger partial charge is 0.348 e. The highest BCUT2D eigenvalue weighted by Gasteiger charge is 2.28. The summed E-state index contributed by atoms with van der Waals surface area (Å²) in [5.74, 6) is -2.12. The van der Waals surface area contributed by atoms with Crippen molar-refractivity contribution in [1.82, 2.24) is 14.8 Å². The number of nitrogens with zero attached hydrogens (tertiary/aromatic N) is 3. The quantitative estimate of drug-likeness (QED) is 0.173. The number of carbonyl (C=O) groups excluding carboxylic acids is 3. The minimum atomic E-state index is -3.73. The number of ether oxygens (including phenoxy) is 2. The van der Waals surface area contributed by atoms with Crippen LogP contribution in [0, 0.1) is 6.92 Å². The van der Waals surface area contributed by atoms with Gasteiger partial charge in [-0.05, 0) is 50.6 Å². The third-order valence-corrected chi connectivity index (χ3v) is 9.55. The zero-order valence-corrected chi connectivity index (χ0v) is 25.5. The Labute approximate surface area is 251 Å². The number of aromatic nitrogens is 3. The van der Waals surface area contributed by atoms with E-state index >= 15 is 0 Å². The van der Waals surface area contributed by atoms with Crippen LogP contribution < -0.4 is 5.32 Å². The van der Waals surface area contributed by atoms with Crippen molar-refractivity contribution in [3.05, 3.63) is 82.5 Å². The summed E-state index contributed by atoms with van der Waals surface area (Å²) in [5, 5.41) is 11.5. The van der Waals surface area contributed by atoms with E-state index in [1.807, 2.05) is 6.07 Å². The number of thioether (sulfide) groups is 1. The molecule has 42 heavy (non-hydrogen) atoms. The monoisotopic (exact) mass is 628 g/mol. The van der Waals surface area contributed by atoms with Gasteiger partial charge in [0.25, 0.3) is 0 Å². The SMILES string of the molecule is CCOC(=O)c1sc(NC(=O)CSc2nnc(CS(=O)(=O)c3ccccc3)n2-c2ccccc2)c(C(=O)OCC)c1C. The highest BCUT2D eigenvalue weighted by atomic mass is 32.2. The minimum Gasteiger partial charge on any atom is -0.462 e. The molecule has 0 aliphatic carbocycles. The summed E-state index contributed by atoms with van der Waals surface area (Å²) in [6, 6.07) is 17.0. The van der Waals surface area contributed by atoms with Gasteiger partial charge in [0.1, 0.15) is 15.6 Å². The first-order chi connectivity index (χ1) is 20.2. The summed E-state index contributed by atoms with van der Waals surface area (Å²) in [6.45, 7) is 5.18. The number of rotatable bonds is 12. The molecule has 4 aromatic rings. The molecule has 0 saturated carbocycles. The number of anilines is 1. The van der Waals surface area contributed by atoms with Crippen LogP contribution in [-0.2, 0) is 29.9 Å². The molecule has 220 valence electrons. The Hall–Kier alpha value is -4.01. The van der Waals surface area contributed by atoms with Crippen molar-refractivity contribution >= 4 is 55.8 Å². The van der Waals surface area contributed by atoms with Crippen molar-refractivity contribution in [3.8, 4) is 5.69 Å². The van der Waals surface area contributed by atoms with E-state index in [0.29, 0.717) is 16.4 Å². The molecule has 0 aliphatic rings. The lowest BCUT2D eigenvalue weighted by Crippen LogP contribution is -2.17. The fourth-order valence-electron chi connectivity index (χ4n) is 3.94. The Balaban J connectivity index is 1.58. The molecule has 1 N–H and O–H groups in total. The molecule has 4 rings (SSSR count). The summed E-state index contributed by atoms with van der Waals surface area (Å²) in [4.78, 5) is 38.5. The number of amides is 1. The number of nitrogens with one attached hydrogen (secondary N) is 1. The van der Waals surface area contributed by atoms with Crippen LogP contribution in [0.3, 0.4) is 0 Å². The fraction of sp³-hybridized carbons (Fsp3) is 0.250. The third-order valence-electron chi connectivity index (χ3n) is 5.81. The third kappa shape index (κ3) is 7.06. The van der Waals surface area contributed by atoms with Crippen molar-refractivity contribution in [2.24, 2.45) is 0 Å². The number of thiophene rings is 1. The fourth-order valence-corrected chi connectivity index (χ4v) is 7.08. The van der Waals surface area contributed by atoms with Crippen LogP contribution in [0.5, 0.6) is 0 Å². The van der Waals surface area contributed by atoms with Gasteiger partial charge in [0.2, 0.25) is 5.91 Å². The lowest BCUT2D eigenvalue weighted by atomic mass is 10.1. The molecule has 2 heterocycles. The Morgan fingerprint density at radius 3 is 2.19 bits per heavy atom. The zero-order chi connectivity index (χ0) is 30.3. The standard InChI is InChI=1S/C28H28N4O7S3/c1-4-38-26(34)23-18(3)24(27(35)39-5-2)41-25(23)29-22(33)16-40-28-31-30-21(32(28)19-12-8-6-9-13-19)17-42(36,37)20-14-10-7-11-15-20/h6-15H,4-5,16-17H2,1-3H3,(H,29,33). The van der Waals surface area contributed by atoms with Gasteiger partial charge < -0.3 is 14.8 Å². The summed E-state index contributed by atoms with van der Waals surface area (Å²) in [5.41, 5.74) is 1.07. The Kier molecular flexibility index (Phi) is 10.1. The predicted octanol–water partition coefficient (Wildman–Crippen LogP) is 4.70. The van der Waals surface area contributed by atoms with E-state index < -0.39 is 33.4 Å². The van der Waals surface area contributed by atoms with Crippen LogP contribution in [0.4, 0.5) is 5.00 Å². The van der Waals surface area contributed by atoms with Gasteiger partial charge in [-0.25, -0.2) is 18.0 Å². The van der Waals surface area contributed by atoms with Crippen molar-refractivity contribution in [2.75, 3.05) is 24.3 Å². The predicted molar refractivity (Wildman–Crippen MR) is 159 cm³/mol. The van der Waals surface area contributed by atoms with Gasteiger partial charge in [-0.2, -0.15) is 0 Å². The molecule has 0 fully saturated rings. The van der Waals surface area contributed by atoms with Gasteiger partial charge in [0.05, 0.1) is 29.4 Å². The minimum absolute atomic E-state index is 0.0871. The van der Waals surface area contributed by atoms with Gasteiger partial charge >= 0.3 is 11.9 Å². The first-order valence-corrected chi connectivity index (χ1v) is 16.3. The number of carbonyl (C=O) groups is 3. The molecule has 0 spiro atoms. The van der Waals surface area contributed by atoms with Crippen molar-refractivity contribution in [3.63, 3.8) is 0 Å². The Bertz CT molecular complexity index is 1680. The molecule has 1 amide bonds. The van der Waals surface area contributed by atoms with Crippen LogP contribution in [0.1, 0.15) is 45.3 Å². The molecular formula is C28H28N4O7S3. The second-order valence-electron chi connectivity index (χ2n) is 8.68. The molecule has 0 saturated heterocycles. The van der Waals surface area contributed by atoms with Gasteiger partial charge in [-0.1, -0.05) is 48.2 Å². The summed E-state index contributed by atoms with van der Waals surface area (Å²) < 4.78 is 38.0. The maximum absolute atomic E-state index is 13.1. The van der Waals surface area contributed by atoms with E-state index in [0.717, 1.165) is 23.1 Å². The van der Waals surface area contributed by atoms with Crippen molar-refractivity contribution in [2.45, 2.75) is 36.6 Å². The maximum atomic E-state index is 13.1. The first kappa shape index (κ1) is 30.9. The molecule has 0 atom stereocenters. The van der Waals surface area contributed by atoms with Crippen LogP contribution in [0.25, 0.3) is 5.69 Å². The van der Waals surface area contributed by atoms with Gasteiger partial charge in [0, 0.05) is 5.69 Å². The number of para-hydroxylation sites is 1.